The Morgan fingerprint density at radius 1 is 1.50 bits per heavy atom. The zero-order chi connectivity index (χ0) is 6.41. The average molecular weight is 115 g/mol. The predicted molar refractivity (Wildman–Crippen MR) is 35.1 cm³/mol. The van der Waals surface area contributed by atoms with Gasteiger partial charge in [0.15, 0.2) is 6.21 Å². The second-order valence-corrected chi connectivity index (χ2v) is 1.70. The lowest BCUT2D eigenvalue weighted by Crippen LogP contribution is -2.02. The molecule has 0 aromatic heterocycles. The third-order valence-corrected chi connectivity index (χ3v) is 0.933. The number of hydroxylamine groups is 1. The number of rotatable bonds is 3. The van der Waals surface area contributed by atoms with Crippen LogP contribution in [0.25, 0.3) is 0 Å². The molecule has 48 valence electrons. The molecule has 0 saturated carbocycles. The van der Waals surface area contributed by atoms with Crippen molar-refractivity contribution in [2.45, 2.75) is 26.7 Å². The van der Waals surface area contributed by atoms with E-state index >= 15 is 0 Å². The fraction of sp³-hybridized carbons (Fsp3) is 0.833. The first-order valence-electron chi connectivity index (χ1n) is 3.08. The summed E-state index contributed by atoms with van der Waals surface area (Å²) >= 11 is 0. The molecule has 2 heteroatoms. The topological polar surface area (TPSA) is 26.1 Å². The van der Waals surface area contributed by atoms with Gasteiger partial charge in [0.1, 0.15) is 6.54 Å². The second-order valence-electron chi connectivity index (χ2n) is 1.70. The summed E-state index contributed by atoms with van der Waals surface area (Å²) in [6.07, 6.45) is 3.64. The summed E-state index contributed by atoms with van der Waals surface area (Å²) in [6.45, 7) is 4.47. The molecule has 0 spiro atoms. The van der Waals surface area contributed by atoms with E-state index in [2.05, 4.69) is 6.92 Å². The Kier molecular flexibility index (Phi) is 4.32. The van der Waals surface area contributed by atoms with E-state index in [0.717, 1.165) is 17.6 Å². The highest BCUT2D eigenvalue weighted by Gasteiger charge is 1.82. The molecule has 0 radical (unpaired) electrons. The van der Waals surface area contributed by atoms with Gasteiger partial charge >= 0.3 is 0 Å². The molecular formula is C6H13NO. The monoisotopic (exact) mass is 115 g/mol. The molecule has 0 saturated heterocycles. The zero-order valence-electron chi connectivity index (χ0n) is 5.55. The summed E-state index contributed by atoms with van der Waals surface area (Å²) in [7, 11) is 0. The highest BCUT2D eigenvalue weighted by atomic mass is 16.5. The Balaban J connectivity index is 3.26. The van der Waals surface area contributed by atoms with Crippen LogP contribution in [-0.4, -0.2) is 17.5 Å². The molecule has 0 aliphatic heterocycles. The summed E-state index contributed by atoms with van der Waals surface area (Å²) in [5.74, 6) is 0. The van der Waals surface area contributed by atoms with Crippen LogP contribution < -0.4 is 0 Å². The molecule has 2 nitrogen and oxygen atoms in total. The van der Waals surface area contributed by atoms with Crippen molar-refractivity contribution in [1.82, 2.24) is 0 Å². The molecule has 0 rings (SSSR count). The zero-order valence-corrected chi connectivity index (χ0v) is 5.55. The third-order valence-electron chi connectivity index (χ3n) is 0.933. The van der Waals surface area contributed by atoms with E-state index in [1.165, 1.54) is 0 Å². The fourth-order valence-electron chi connectivity index (χ4n) is 0.402. The van der Waals surface area contributed by atoms with Crippen molar-refractivity contribution < 1.29 is 4.74 Å². The molecule has 0 unspecified atom stereocenters. The van der Waals surface area contributed by atoms with Gasteiger partial charge in [-0.25, -0.2) is 4.74 Å². The van der Waals surface area contributed by atoms with Crippen LogP contribution in [0.15, 0.2) is 0 Å². The van der Waals surface area contributed by atoms with Gasteiger partial charge in [-0.1, -0.05) is 6.92 Å². The van der Waals surface area contributed by atoms with Gasteiger partial charge in [0.05, 0.1) is 0 Å². The van der Waals surface area contributed by atoms with Crippen LogP contribution in [0, 0.1) is 5.21 Å². The van der Waals surface area contributed by atoms with Crippen molar-refractivity contribution in [2.24, 2.45) is 0 Å². The number of hydrogen-bond donors (Lipinski definition) is 0. The van der Waals surface area contributed by atoms with E-state index in [1.54, 1.807) is 6.21 Å². The maximum atomic E-state index is 10.4. The number of nitrogens with zero attached hydrogens (tertiary/aromatic N) is 1. The van der Waals surface area contributed by atoms with Gasteiger partial charge in [-0.2, -0.15) is 0 Å². The minimum absolute atomic E-state index is 0.569. The first kappa shape index (κ1) is 7.47. The van der Waals surface area contributed by atoms with E-state index < -0.39 is 0 Å². The van der Waals surface area contributed by atoms with Gasteiger partial charge < -0.3 is 5.21 Å². The van der Waals surface area contributed by atoms with E-state index in [-0.39, 0.29) is 0 Å². The molecule has 0 aromatic rings. The maximum absolute atomic E-state index is 10.4. The molecular weight excluding hydrogens is 102 g/mol. The van der Waals surface area contributed by atoms with Crippen molar-refractivity contribution in [3.05, 3.63) is 5.21 Å². The van der Waals surface area contributed by atoms with Crippen LogP contribution in [0.2, 0.25) is 0 Å². The SMILES string of the molecule is CCC/C=[N+](\[O-])CC. The molecule has 0 amide bonds. The standard InChI is InChI=1S/C6H13NO/c1-3-5-6-7(8)4-2/h6H,3-5H2,1-2H3/b7-6-. The van der Waals surface area contributed by atoms with Gasteiger partial charge in [0.2, 0.25) is 0 Å². The summed E-state index contributed by atoms with van der Waals surface area (Å²) in [6, 6.07) is 0. The molecule has 0 fully saturated rings. The van der Waals surface area contributed by atoms with Gasteiger partial charge in [-0.05, 0) is 13.3 Å². The lowest BCUT2D eigenvalue weighted by atomic mass is 10.4. The Morgan fingerprint density at radius 3 is 2.50 bits per heavy atom. The summed E-state index contributed by atoms with van der Waals surface area (Å²) in [5.41, 5.74) is 0. The molecule has 8 heavy (non-hydrogen) atoms. The minimum atomic E-state index is 0.569. The number of hydrogen-bond acceptors (Lipinski definition) is 1. The summed E-state index contributed by atoms with van der Waals surface area (Å²) < 4.78 is 0.962. The molecule has 0 heterocycles. The fourth-order valence-corrected chi connectivity index (χ4v) is 0.402. The Morgan fingerprint density at radius 2 is 2.12 bits per heavy atom. The van der Waals surface area contributed by atoms with Crippen LogP contribution in [0.5, 0.6) is 0 Å². The van der Waals surface area contributed by atoms with E-state index in [4.69, 9.17) is 0 Å². The van der Waals surface area contributed by atoms with Crippen LogP contribution in [-0.2, 0) is 0 Å². The molecule has 0 aromatic carbocycles. The van der Waals surface area contributed by atoms with Gasteiger partial charge in [0, 0.05) is 6.42 Å². The third kappa shape index (κ3) is 3.65. The van der Waals surface area contributed by atoms with Crippen molar-refractivity contribution in [3.63, 3.8) is 0 Å². The summed E-state index contributed by atoms with van der Waals surface area (Å²) in [5, 5.41) is 10.4. The normalized spacial score (nSPS) is 12.0. The first-order chi connectivity index (χ1) is 3.81. The first-order valence-corrected chi connectivity index (χ1v) is 3.08. The van der Waals surface area contributed by atoms with Crippen LogP contribution in [0.4, 0.5) is 0 Å². The Hall–Kier alpha value is -0.530. The lowest BCUT2D eigenvalue weighted by molar-refractivity contribution is -0.449. The molecule has 0 bridgehead atoms. The van der Waals surface area contributed by atoms with Crippen molar-refractivity contribution >= 4 is 6.21 Å². The minimum Gasteiger partial charge on any atom is -0.624 e. The van der Waals surface area contributed by atoms with Gasteiger partial charge in [-0.3, -0.25) is 0 Å². The average Bonchev–Trinajstić information content (AvgIpc) is 1.83. The van der Waals surface area contributed by atoms with Crippen LogP contribution in [0.3, 0.4) is 0 Å². The Bertz CT molecular complexity index is 78.6. The van der Waals surface area contributed by atoms with Crippen molar-refractivity contribution in [1.29, 1.82) is 0 Å². The lowest BCUT2D eigenvalue weighted by Gasteiger charge is -1.96. The van der Waals surface area contributed by atoms with Crippen molar-refractivity contribution in [2.75, 3.05) is 6.54 Å². The highest BCUT2D eigenvalue weighted by molar-refractivity contribution is 5.50. The van der Waals surface area contributed by atoms with Gasteiger partial charge in [0.25, 0.3) is 0 Å². The smallest absolute Gasteiger partial charge is 0.150 e. The second kappa shape index (κ2) is 4.62. The van der Waals surface area contributed by atoms with E-state index in [1.807, 2.05) is 6.92 Å². The number of unbranched alkanes of at least 4 members (excludes halogenated alkanes) is 1. The maximum Gasteiger partial charge on any atom is 0.150 e. The predicted octanol–water partition coefficient (Wildman–Crippen LogP) is 1.39. The molecule has 0 aliphatic carbocycles. The Labute approximate surface area is 50.4 Å². The quantitative estimate of drug-likeness (QED) is 0.236. The van der Waals surface area contributed by atoms with Crippen LogP contribution >= 0.6 is 0 Å². The van der Waals surface area contributed by atoms with E-state index in [0.29, 0.717) is 6.54 Å². The largest absolute Gasteiger partial charge is 0.624 e. The molecule has 0 atom stereocenters. The summed E-state index contributed by atoms with van der Waals surface area (Å²) in [4.78, 5) is 0. The highest BCUT2D eigenvalue weighted by Crippen LogP contribution is 1.79. The molecule has 0 aliphatic rings. The molecule has 0 N–H and O–H groups in total. The van der Waals surface area contributed by atoms with Crippen LogP contribution in [0.1, 0.15) is 26.7 Å². The van der Waals surface area contributed by atoms with E-state index in [9.17, 15) is 5.21 Å². The van der Waals surface area contributed by atoms with Gasteiger partial charge in [-0.15, -0.1) is 0 Å². The van der Waals surface area contributed by atoms with Crippen molar-refractivity contribution in [3.8, 4) is 0 Å².